The number of ether oxygens (including phenoxy) is 1. The van der Waals surface area contributed by atoms with Crippen molar-refractivity contribution in [3.63, 3.8) is 0 Å². The number of rotatable bonds is 4. The number of hydrogen-bond donors (Lipinski definition) is 0. The molecule has 0 amide bonds. The number of anilines is 1. The smallest absolute Gasteiger partial charge is 0.209 e. The number of benzene rings is 1. The van der Waals surface area contributed by atoms with E-state index in [0.717, 1.165) is 34.5 Å². The third-order valence-corrected chi connectivity index (χ3v) is 5.54. The van der Waals surface area contributed by atoms with Crippen LogP contribution in [0.2, 0.25) is 0 Å². The summed E-state index contributed by atoms with van der Waals surface area (Å²) in [6.45, 7) is 3.28. The van der Waals surface area contributed by atoms with E-state index in [1.165, 1.54) is 5.56 Å². The van der Waals surface area contributed by atoms with Gasteiger partial charge in [-0.3, -0.25) is 4.98 Å². The largest absolute Gasteiger partial charge is 0.497 e. The van der Waals surface area contributed by atoms with E-state index < -0.39 is 0 Å². The third-order valence-electron chi connectivity index (χ3n) is 4.55. The molecule has 0 N–H and O–H groups in total. The van der Waals surface area contributed by atoms with Gasteiger partial charge in [0, 0.05) is 12.7 Å². The lowest BCUT2D eigenvalue weighted by Gasteiger charge is -2.24. The fourth-order valence-corrected chi connectivity index (χ4v) is 4.20. The maximum Gasteiger partial charge on any atom is 0.209 e. The number of pyridine rings is 1. The molecule has 1 saturated heterocycles. The second-order valence-electron chi connectivity index (χ2n) is 6.39. The van der Waals surface area contributed by atoms with Crippen molar-refractivity contribution in [3.8, 4) is 16.5 Å². The molecule has 0 saturated carbocycles. The van der Waals surface area contributed by atoms with Crippen LogP contribution in [0.15, 0.2) is 48.7 Å². The number of nitrogens with zero attached hydrogens (tertiary/aromatic N) is 4. The molecular formula is C19H20N4OS. The Morgan fingerprint density at radius 1 is 1.12 bits per heavy atom. The SMILES string of the molecule is COc1ccc(C2CC(C)CN2c2nnc(-c3ccccn3)s2)cc1. The first-order valence-electron chi connectivity index (χ1n) is 8.40. The summed E-state index contributed by atoms with van der Waals surface area (Å²) >= 11 is 1.61. The minimum Gasteiger partial charge on any atom is -0.497 e. The van der Waals surface area contributed by atoms with Gasteiger partial charge in [-0.15, -0.1) is 10.2 Å². The van der Waals surface area contributed by atoms with E-state index in [-0.39, 0.29) is 0 Å². The molecule has 2 atom stereocenters. The molecule has 0 spiro atoms. The van der Waals surface area contributed by atoms with Crippen LogP contribution in [-0.4, -0.2) is 28.8 Å². The van der Waals surface area contributed by atoms with E-state index in [0.29, 0.717) is 12.0 Å². The van der Waals surface area contributed by atoms with Crippen molar-refractivity contribution in [2.24, 2.45) is 5.92 Å². The molecule has 1 aliphatic heterocycles. The van der Waals surface area contributed by atoms with Gasteiger partial charge in [-0.1, -0.05) is 36.5 Å². The fraction of sp³-hybridized carbons (Fsp3) is 0.316. The van der Waals surface area contributed by atoms with Crippen molar-refractivity contribution in [2.45, 2.75) is 19.4 Å². The number of aromatic nitrogens is 3. The molecule has 5 nitrogen and oxygen atoms in total. The maximum atomic E-state index is 5.28. The standard InChI is InChI=1S/C19H20N4OS/c1-13-11-17(14-6-8-15(24-2)9-7-14)23(12-13)19-22-21-18(25-19)16-5-3-4-10-20-16/h3-10,13,17H,11-12H2,1-2H3. The lowest BCUT2D eigenvalue weighted by Crippen LogP contribution is -2.23. The highest BCUT2D eigenvalue weighted by Crippen LogP contribution is 2.41. The normalized spacial score (nSPS) is 20.0. The number of methoxy groups -OCH3 is 1. The van der Waals surface area contributed by atoms with Crippen molar-refractivity contribution in [1.82, 2.24) is 15.2 Å². The Morgan fingerprint density at radius 2 is 1.96 bits per heavy atom. The van der Waals surface area contributed by atoms with Crippen molar-refractivity contribution in [3.05, 3.63) is 54.2 Å². The predicted octanol–water partition coefficient (Wildman–Crippen LogP) is 4.20. The van der Waals surface area contributed by atoms with Crippen molar-refractivity contribution >= 4 is 16.5 Å². The van der Waals surface area contributed by atoms with Gasteiger partial charge in [-0.05, 0) is 42.2 Å². The van der Waals surface area contributed by atoms with Crippen molar-refractivity contribution < 1.29 is 4.74 Å². The Kier molecular flexibility index (Phi) is 4.36. The summed E-state index contributed by atoms with van der Waals surface area (Å²) in [7, 11) is 1.69. The Labute approximate surface area is 151 Å². The summed E-state index contributed by atoms with van der Waals surface area (Å²) in [5.41, 5.74) is 2.17. The highest BCUT2D eigenvalue weighted by Gasteiger charge is 2.33. The zero-order chi connectivity index (χ0) is 17.2. The molecule has 2 unspecified atom stereocenters. The van der Waals surface area contributed by atoms with Crippen LogP contribution in [0.1, 0.15) is 24.9 Å². The average Bonchev–Trinajstić information content (AvgIpc) is 3.29. The predicted molar refractivity (Wildman–Crippen MR) is 100 cm³/mol. The van der Waals surface area contributed by atoms with Gasteiger partial charge in [0.05, 0.1) is 13.2 Å². The van der Waals surface area contributed by atoms with Crippen molar-refractivity contribution in [2.75, 3.05) is 18.6 Å². The molecule has 4 rings (SSSR count). The van der Waals surface area contributed by atoms with Crippen LogP contribution in [0, 0.1) is 5.92 Å². The zero-order valence-electron chi connectivity index (χ0n) is 14.3. The Balaban J connectivity index is 1.62. The molecule has 3 heterocycles. The zero-order valence-corrected chi connectivity index (χ0v) is 15.1. The minimum absolute atomic E-state index is 0.324. The van der Waals surface area contributed by atoms with Gasteiger partial charge in [-0.2, -0.15) is 0 Å². The molecule has 0 aliphatic carbocycles. The van der Waals surface area contributed by atoms with Gasteiger partial charge in [0.2, 0.25) is 5.13 Å². The van der Waals surface area contributed by atoms with E-state index >= 15 is 0 Å². The molecule has 0 radical (unpaired) electrons. The molecule has 0 bridgehead atoms. The summed E-state index contributed by atoms with van der Waals surface area (Å²) in [6, 6.07) is 14.5. The average molecular weight is 352 g/mol. The van der Waals surface area contributed by atoms with Gasteiger partial charge in [0.15, 0.2) is 5.01 Å². The van der Waals surface area contributed by atoms with Gasteiger partial charge in [-0.25, -0.2) is 0 Å². The quantitative estimate of drug-likeness (QED) is 0.704. The highest BCUT2D eigenvalue weighted by atomic mass is 32.1. The first-order chi connectivity index (χ1) is 12.2. The van der Waals surface area contributed by atoms with Gasteiger partial charge >= 0.3 is 0 Å². The maximum absolute atomic E-state index is 5.28. The summed E-state index contributed by atoms with van der Waals surface area (Å²) in [4.78, 5) is 6.75. The second-order valence-corrected chi connectivity index (χ2v) is 7.34. The van der Waals surface area contributed by atoms with Gasteiger partial charge in [0.1, 0.15) is 11.4 Å². The van der Waals surface area contributed by atoms with E-state index in [1.54, 1.807) is 24.6 Å². The molecule has 1 fully saturated rings. The van der Waals surface area contributed by atoms with Crippen LogP contribution in [-0.2, 0) is 0 Å². The van der Waals surface area contributed by atoms with Crippen LogP contribution in [0.5, 0.6) is 5.75 Å². The van der Waals surface area contributed by atoms with Crippen LogP contribution in [0.25, 0.3) is 10.7 Å². The Hall–Kier alpha value is -2.47. The van der Waals surface area contributed by atoms with E-state index in [9.17, 15) is 0 Å². The topological polar surface area (TPSA) is 51.1 Å². The number of hydrogen-bond acceptors (Lipinski definition) is 6. The lowest BCUT2D eigenvalue weighted by molar-refractivity contribution is 0.414. The molecule has 3 aromatic rings. The van der Waals surface area contributed by atoms with Crippen LogP contribution >= 0.6 is 11.3 Å². The minimum atomic E-state index is 0.324. The molecule has 1 aliphatic rings. The highest BCUT2D eigenvalue weighted by molar-refractivity contribution is 7.18. The molecule has 25 heavy (non-hydrogen) atoms. The Morgan fingerprint density at radius 3 is 2.68 bits per heavy atom. The summed E-state index contributed by atoms with van der Waals surface area (Å²) in [5.74, 6) is 1.50. The molecule has 2 aromatic heterocycles. The summed E-state index contributed by atoms with van der Waals surface area (Å²) < 4.78 is 5.28. The third kappa shape index (κ3) is 3.22. The second kappa shape index (κ2) is 6.80. The van der Waals surface area contributed by atoms with E-state index in [2.05, 4.69) is 39.1 Å². The first kappa shape index (κ1) is 16.0. The van der Waals surface area contributed by atoms with E-state index in [1.807, 2.05) is 30.3 Å². The summed E-state index contributed by atoms with van der Waals surface area (Å²) in [6.07, 6.45) is 2.90. The molecule has 1 aromatic carbocycles. The van der Waals surface area contributed by atoms with Gasteiger partial charge < -0.3 is 9.64 Å². The molecule has 6 heteroatoms. The molecular weight excluding hydrogens is 332 g/mol. The molecule has 128 valence electrons. The van der Waals surface area contributed by atoms with Crippen LogP contribution in [0.3, 0.4) is 0 Å². The van der Waals surface area contributed by atoms with E-state index in [4.69, 9.17) is 4.74 Å². The lowest BCUT2D eigenvalue weighted by atomic mass is 10.0. The first-order valence-corrected chi connectivity index (χ1v) is 9.21. The Bertz CT molecular complexity index is 834. The van der Waals surface area contributed by atoms with Crippen LogP contribution in [0.4, 0.5) is 5.13 Å². The monoisotopic (exact) mass is 352 g/mol. The fourth-order valence-electron chi connectivity index (χ4n) is 3.32. The van der Waals surface area contributed by atoms with Gasteiger partial charge in [0.25, 0.3) is 0 Å². The summed E-state index contributed by atoms with van der Waals surface area (Å²) in [5, 5.41) is 10.6. The van der Waals surface area contributed by atoms with Crippen LogP contribution < -0.4 is 9.64 Å². The van der Waals surface area contributed by atoms with Crippen molar-refractivity contribution in [1.29, 1.82) is 0 Å².